The smallest absolute Gasteiger partial charge is 0.327 e. The van der Waals surface area contributed by atoms with E-state index in [1.54, 1.807) is 0 Å². The highest BCUT2D eigenvalue weighted by Crippen LogP contribution is 2.04. The van der Waals surface area contributed by atoms with E-state index in [2.05, 4.69) is 28.6 Å². The predicted molar refractivity (Wildman–Crippen MR) is 102 cm³/mol. The van der Waals surface area contributed by atoms with Crippen molar-refractivity contribution < 1.29 is 39.0 Å². The topological polar surface area (TPSA) is 231 Å². The van der Waals surface area contributed by atoms with Crippen LogP contribution in [0.15, 0.2) is 0 Å². The fraction of sp³-hybridized carbons (Fsp3) is 0.600. The molecule has 14 heteroatoms. The van der Waals surface area contributed by atoms with E-state index in [0.29, 0.717) is 0 Å². The van der Waals surface area contributed by atoms with E-state index in [9.17, 15) is 28.8 Å². The number of amides is 4. The van der Waals surface area contributed by atoms with Crippen molar-refractivity contribution in [2.24, 2.45) is 11.5 Å². The van der Waals surface area contributed by atoms with Gasteiger partial charge >= 0.3 is 11.9 Å². The van der Waals surface area contributed by atoms with Gasteiger partial charge < -0.3 is 37.6 Å². The van der Waals surface area contributed by atoms with Crippen LogP contribution in [0.5, 0.6) is 0 Å². The Kier molecular flexibility index (Phi) is 12.0. The highest BCUT2D eigenvalue weighted by molar-refractivity contribution is 7.80. The van der Waals surface area contributed by atoms with E-state index < -0.39 is 66.7 Å². The molecular formula is C15H25N5O8S. The molecule has 0 aliphatic heterocycles. The lowest BCUT2D eigenvalue weighted by atomic mass is 10.1. The van der Waals surface area contributed by atoms with Crippen molar-refractivity contribution >= 4 is 48.2 Å². The molecule has 0 spiro atoms. The molecule has 9 N–H and O–H groups in total. The van der Waals surface area contributed by atoms with E-state index in [1.165, 1.54) is 0 Å². The Morgan fingerprint density at radius 2 is 1.31 bits per heavy atom. The van der Waals surface area contributed by atoms with Gasteiger partial charge in [0.2, 0.25) is 23.6 Å². The van der Waals surface area contributed by atoms with Gasteiger partial charge in [0.25, 0.3) is 0 Å². The third-order valence-electron chi connectivity index (χ3n) is 3.59. The summed E-state index contributed by atoms with van der Waals surface area (Å²) < 4.78 is 0. The fourth-order valence-corrected chi connectivity index (χ4v) is 2.32. The summed E-state index contributed by atoms with van der Waals surface area (Å²) in [4.78, 5) is 69.1. The molecule has 0 heterocycles. The lowest BCUT2D eigenvalue weighted by molar-refractivity contribution is -0.142. The first kappa shape index (κ1) is 26.1. The van der Waals surface area contributed by atoms with Gasteiger partial charge in [-0.1, -0.05) is 0 Å². The maximum Gasteiger partial charge on any atom is 0.327 e. The molecule has 0 aromatic heterocycles. The minimum absolute atomic E-state index is 0.186. The molecule has 0 radical (unpaired) electrons. The lowest BCUT2D eigenvalue weighted by Crippen LogP contribution is -2.56. The number of aliphatic carboxylic acids is 2. The Hall–Kier alpha value is -2.87. The van der Waals surface area contributed by atoms with Crippen LogP contribution in [0.2, 0.25) is 0 Å². The Bertz CT molecular complexity index is 644. The van der Waals surface area contributed by atoms with Gasteiger partial charge in [0.15, 0.2) is 0 Å². The zero-order valence-electron chi connectivity index (χ0n) is 15.4. The number of hydrogen-bond donors (Lipinski definition) is 8. The maximum atomic E-state index is 12.5. The SMILES string of the molecule is NCC(=O)NC(CCC(N)=O)C(=O)NC(CCC(=O)O)C(=O)NC(CS)C(=O)O. The van der Waals surface area contributed by atoms with Crippen molar-refractivity contribution in [1.29, 1.82) is 0 Å². The molecule has 4 amide bonds. The molecule has 0 aliphatic rings. The van der Waals surface area contributed by atoms with E-state index in [-0.39, 0.29) is 25.0 Å². The summed E-state index contributed by atoms with van der Waals surface area (Å²) in [7, 11) is 0. The molecule has 13 nitrogen and oxygen atoms in total. The van der Waals surface area contributed by atoms with Crippen LogP contribution in [0, 0.1) is 0 Å². The van der Waals surface area contributed by atoms with Gasteiger partial charge in [-0.2, -0.15) is 12.6 Å². The molecule has 0 bridgehead atoms. The van der Waals surface area contributed by atoms with Crippen molar-refractivity contribution in [3.05, 3.63) is 0 Å². The Morgan fingerprint density at radius 3 is 1.72 bits per heavy atom. The number of nitrogens with one attached hydrogen (secondary N) is 3. The zero-order valence-corrected chi connectivity index (χ0v) is 16.3. The third-order valence-corrected chi connectivity index (χ3v) is 3.96. The number of hydrogen-bond acceptors (Lipinski definition) is 8. The second-order valence-electron chi connectivity index (χ2n) is 5.90. The van der Waals surface area contributed by atoms with Crippen molar-refractivity contribution in [2.45, 2.75) is 43.8 Å². The summed E-state index contributed by atoms with van der Waals surface area (Å²) >= 11 is 3.80. The highest BCUT2D eigenvalue weighted by Gasteiger charge is 2.29. The van der Waals surface area contributed by atoms with Gasteiger partial charge in [-0.05, 0) is 12.8 Å². The fourth-order valence-electron chi connectivity index (χ4n) is 2.08. The monoisotopic (exact) mass is 435 g/mol. The zero-order chi connectivity index (χ0) is 22.6. The number of carbonyl (C=O) groups is 6. The molecule has 0 aromatic carbocycles. The molecule has 3 unspecified atom stereocenters. The standard InChI is InChI=1S/C15H25N5O8S/c16-5-11(22)18-7(1-3-10(17)21)13(25)19-8(2-4-12(23)24)14(26)20-9(6-29)15(27)28/h7-9,29H,1-6,16H2,(H2,17,21)(H,18,22)(H,19,25)(H,20,26)(H,23,24)(H,27,28). The number of nitrogens with two attached hydrogens (primary N) is 2. The van der Waals surface area contributed by atoms with Crippen molar-refractivity contribution in [3.63, 3.8) is 0 Å². The summed E-state index contributed by atoms with van der Waals surface area (Å²) in [5.41, 5.74) is 10.2. The molecule has 0 saturated heterocycles. The molecule has 3 atom stereocenters. The van der Waals surface area contributed by atoms with Crippen LogP contribution in [0.25, 0.3) is 0 Å². The van der Waals surface area contributed by atoms with Crippen LogP contribution in [-0.4, -0.2) is 76.2 Å². The maximum absolute atomic E-state index is 12.5. The largest absolute Gasteiger partial charge is 0.481 e. The molecule has 0 fully saturated rings. The van der Waals surface area contributed by atoms with Crippen LogP contribution in [-0.2, 0) is 28.8 Å². The number of carboxylic acids is 2. The average Bonchev–Trinajstić information content (AvgIpc) is 2.64. The van der Waals surface area contributed by atoms with E-state index in [0.717, 1.165) is 0 Å². The van der Waals surface area contributed by atoms with Gasteiger partial charge in [-0.25, -0.2) is 4.79 Å². The number of thiol groups is 1. The highest BCUT2D eigenvalue weighted by atomic mass is 32.1. The lowest BCUT2D eigenvalue weighted by Gasteiger charge is -2.23. The number of primary amides is 1. The molecule has 0 saturated carbocycles. The van der Waals surface area contributed by atoms with Crippen molar-refractivity contribution in [3.8, 4) is 0 Å². The van der Waals surface area contributed by atoms with E-state index in [1.807, 2.05) is 0 Å². The van der Waals surface area contributed by atoms with Gasteiger partial charge in [-0.15, -0.1) is 0 Å². The molecule has 29 heavy (non-hydrogen) atoms. The van der Waals surface area contributed by atoms with Crippen LogP contribution in [0.1, 0.15) is 25.7 Å². The second kappa shape index (κ2) is 13.3. The normalized spacial score (nSPS) is 13.4. The van der Waals surface area contributed by atoms with E-state index >= 15 is 0 Å². The van der Waals surface area contributed by atoms with Gasteiger partial charge in [0.1, 0.15) is 18.1 Å². The number of rotatable bonds is 14. The second-order valence-corrected chi connectivity index (χ2v) is 6.27. The predicted octanol–water partition coefficient (Wildman–Crippen LogP) is -3.46. The summed E-state index contributed by atoms with van der Waals surface area (Å²) in [6.45, 7) is -0.439. The minimum Gasteiger partial charge on any atom is -0.481 e. The summed E-state index contributed by atoms with van der Waals surface area (Å²) in [5.74, 6) is -6.13. The van der Waals surface area contributed by atoms with Crippen LogP contribution in [0.4, 0.5) is 0 Å². The molecule has 0 aromatic rings. The first-order chi connectivity index (χ1) is 13.5. The van der Waals surface area contributed by atoms with E-state index in [4.69, 9.17) is 21.7 Å². The first-order valence-corrected chi connectivity index (χ1v) is 9.09. The third kappa shape index (κ3) is 10.9. The van der Waals surface area contributed by atoms with Gasteiger partial charge in [-0.3, -0.25) is 24.0 Å². The molecule has 164 valence electrons. The Labute approximate surface area is 171 Å². The summed E-state index contributed by atoms with van der Waals surface area (Å²) in [5, 5.41) is 24.5. The van der Waals surface area contributed by atoms with Crippen molar-refractivity contribution in [2.75, 3.05) is 12.3 Å². The van der Waals surface area contributed by atoms with Gasteiger partial charge in [0, 0.05) is 18.6 Å². The van der Waals surface area contributed by atoms with Crippen LogP contribution >= 0.6 is 12.6 Å². The first-order valence-electron chi connectivity index (χ1n) is 8.45. The Morgan fingerprint density at radius 1 is 0.828 bits per heavy atom. The molecular weight excluding hydrogens is 410 g/mol. The summed E-state index contributed by atoms with van der Waals surface area (Å²) in [6, 6.07) is -4.04. The Balaban J connectivity index is 5.35. The van der Waals surface area contributed by atoms with Crippen molar-refractivity contribution in [1.82, 2.24) is 16.0 Å². The van der Waals surface area contributed by atoms with Gasteiger partial charge in [0.05, 0.1) is 6.54 Å². The average molecular weight is 435 g/mol. The molecule has 0 rings (SSSR count). The van der Waals surface area contributed by atoms with Crippen LogP contribution < -0.4 is 27.4 Å². The molecule has 0 aliphatic carbocycles. The summed E-state index contributed by atoms with van der Waals surface area (Å²) in [6.07, 6.45) is -1.29. The quantitative estimate of drug-likeness (QED) is 0.127. The number of carboxylic acid groups (broad SMARTS) is 2. The number of carbonyl (C=O) groups excluding carboxylic acids is 4. The van der Waals surface area contributed by atoms with Crippen LogP contribution in [0.3, 0.4) is 0 Å². The minimum atomic E-state index is -1.41.